The summed E-state index contributed by atoms with van der Waals surface area (Å²) in [5, 5.41) is 8.78. The fourth-order valence-electron chi connectivity index (χ4n) is 6.07. The molecule has 3 aliphatic heterocycles. The third-order valence-corrected chi connectivity index (χ3v) is 7.97. The topological polar surface area (TPSA) is 36.5 Å². The van der Waals surface area contributed by atoms with Crippen LogP contribution in [0.4, 0.5) is 0 Å². The maximum atomic E-state index is 6.69. The Morgan fingerprint density at radius 1 is 0.852 bits per heavy atom. The first-order valence-corrected chi connectivity index (χ1v) is 11.2. The van der Waals surface area contributed by atoms with E-state index in [4.69, 9.17) is 27.9 Å². The van der Waals surface area contributed by atoms with Gasteiger partial charge in [-0.2, -0.15) is 0 Å². The zero-order chi connectivity index (χ0) is 18.5. The van der Waals surface area contributed by atoms with Crippen molar-refractivity contribution < 1.29 is 4.74 Å². The summed E-state index contributed by atoms with van der Waals surface area (Å²) in [6.07, 6.45) is 9.18. The Kier molecular flexibility index (Phi) is 4.74. The summed E-state index contributed by atoms with van der Waals surface area (Å²) in [4.78, 5) is 2.57. The predicted molar refractivity (Wildman–Crippen MR) is 109 cm³/mol. The SMILES string of the molecule is Clc1cc(Cl)cc(C2(N3CCC4(CCCC4)CC3)OCCNC23CCN3)c1. The zero-order valence-corrected chi connectivity index (χ0v) is 17.3. The normalized spacial score (nSPS) is 36.2. The minimum absolute atomic E-state index is 0.264. The van der Waals surface area contributed by atoms with E-state index in [1.54, 1.807) is 6.07 Å². The van der Waals surface area contributed by atoms with Gasteiger partial charge in [-0.15, -0.1) is 0 Å². The lowest BCUT2D eigenvalue weighted by Gasteiger charge is -2.63. The second kappa shape index (κ2) is 6.86. The molecule has 1 aromatic rings. The van der Waals surface area contributed by atoms with E-state index in [-0.39, 0.29) is 5.66 Å². The maximum Gasteiger partial charge on any atom is 0.179 e. The van der Waals surface area contributed by atoms with Gasteiger partial charge in [0.05, 0.1) is 6.61 Å². The smallest absolute Gasteiger partial charge is 0.179 e. The minimum atomic E-state index is -0.557. The summed E-state index contributed by atoms with van der Waals surface area (Å²) in [6.45, 7) is 4.69. The van der Waals surface area contributed by atoms with E-state index in [0.717, 1.165) is 38.2 Å². The van der Waals surface area contributed by atoms with Crippen molar-refractivity contribution in [3.05, 3.63) is 33.8 Å². The highest BCUT2D eigenvalue weighted by Crippen LogP contribution is 2.52. The fraction of sp³-hybridized carbons (Fsp3) is 0.714. The van der Waals surface area contributed by atoms with Gasteiger partial charge in [0, 0.05) is 41.8 Å². The Hall–Kier alpha value is -0.360. The number of hydrogen-bond donors (Lipinski definition) is 2. The lowest BCUT2D eigenvalue weighted by atomic mass is 9.73. The van der Waals surface area contributed by atoms with Gasteiger partial charge in [-0.25, -0.2) is 0 Å². The van der Waals surface area contributed by atoms with E-state index in [2.05, 4.69) is 15.5 Å². The minimum Gasteiger partial charge on any atom is -0.351 e. The first kappa shape index (κ1) is 18.7. The number of hydrogen-bond acceptors (Lipinski definition) is 4. The summed E-state index contributed by atoms with van der Waals surface area (Å²) in [6, 6.07) is 5.89. The van der Waals surface area contributed by atoms with Crippen molar-refractivity contribution in [2.45, 2.75) is 56.3 Å². The number of rotatable bonds is 2. The second-order valence-corrected chi connectivity index (χ2v) is 9.73. The molecule has 4 aliphatic rings. The Morgan fingerprint density at radius 2 is 1.52 bits per heavy atom. The number of ether oxygens (including phenoxy) is 1. The molecule has 2 N–H and O–H groups in total. The molecular weight excluding hydrogens is 381 g/mol. The Bertz CT molecular complexity index is 687. The molecule has 2 spiro atoms. The van der Waals surface area contributed by atoms with Gasteiger partial charge in [-0.05, 0) is 55.7 Å². The molecule has 0 amide bonds. The Morgan fingerprint density at radius 3 is 2.11 bits per heavy atom. The molecule has 0 radical (unpaired) electrons. The molecule has 2 atom stereocenters. The quantitative estimate of drug-likeness (QED) is 0.770. The molecule has 4 fully saturated rings. The van der Waals surface area contributed by atoms with Crippen LogP contribution in [-0.2, 0) is 10.5 Å². The summed E-state index contributed by atoms with van der Waals surface area (Å²) < 4.78 is 6.69. The average molecular weight is 410 g/mol. The van der Waals surface area contributed by atoms with Crippen LogP contribution in [0.1, 0.15) is 50.5 Å². The number of benzene rings is 1. The maximum absolute atomic E-state index is 6.69. The van der Waals surface area contributed by atoms with Gasteiger partial charge in [0.1, 0.15) is 5.66 Å². The van der Waals surface area contributed by atoms with E-state index in [1.807, 2.05) is 12.1 Å². The highest BCUT2D eigenvalue weighted by molar-refractivity contribution is 6.34. The fourth-order valence-corrected chi connectivity index (χ4v) is 6.59. The molecular formula is C21H29Cl2N3O. The van der Waals surface area contributed by atoms with Crippen LogP contribution in [0.25, 0.3) is 0 Å². The van der Waals surface area contributed by atoms with Crippen LogP contribution >= 0.6 is 23.2 Å². The lowest BCUT2D eigenvalue weighted by molar-refractivity contribution is -0.270. The molecule has 0 aromatic heterocycles. The predicted octanol–water partition coefficient (Wildman–Crippen LogP) is 4.11. The first-order valence-electron chi connectivity index (χ1n) is 10.4. The largest absolute Gasteiger partial charge is 0.351 e. The van der Waals surface area contributed by atoms with Crippen molar-refractivity contribution in [1.29, 1.82) is 0 Å². The molecule has 1 aliphatic carbocycles. The van der Waals surface area contributed by atoms with Crippen molar-refractivity contribution in [3.8, 4) is 0 Å². The summed E-state index contributed by atoms with van der Waals surface area (Å²) >= 11 is 12.8. The second-order valence-electron chi connectivity index (χ2n) is 8.85. The molecule has 148 valence electrons. The molecule has 2 unspecified atom stereocenters. The van der Waals surface area contributed by atoms with Crippen LogP contribution in [0.5, 0.6) is 0 Å². The summed E-state index contributed by atoms with van der Waals surface area (Å²) in [5.74, 6) is 0. The van der Waals surface area contributed by atoms with Crippen LogP contribution in [-0.4, -0.2) is 43.3 Å². The number of nitrogens with zero attached hydrogens (tertiary/aromatic N) is 1. The molecule has 27 heavy (non-hydrogen) atoms. The van der Waals surface area contributed by atoms with E-state index in [0.29, 0.717) is 22.1 Å². The standard InChI is InChI=1S/C21H29Cl2N3O/c22-17-13-16(14-18(23)15-17)21(20(5-8-24-20)25-9-12-27-21)26-10-6-19(7-11-26)3-1-2-4-19/h13-15,24-25H,1-12H2. The van der Waals surface area contributed by atoms with Gasteiger partial charge in [0.2, 0.25) is 0 Å². The molecule has 4 nitrogen and oxygen atoms in total. The summed E-state index contributed by atoms with van der Waals surface area (Å²) in [7, 11) is 0. The highest BCUT2D eigenvalue weighted by atomic mass is 35.5. The van der Waals surface area contributed by atoms with E-state index in [1.165, 1.54) is 38.5 Å². The van der Waals surface area contributed by atoms with Crippen LogP contribution in [0, 0.1) is 5.41 Å². The van der Waals surface area contributed by atoms with Crippen molar-refractivity contribution in [1.82, 2.24) is 15.5 Å². The van der Waals surface area contributed by atoms with E-state index in [9.17, 15) is 0 Å². The number of halogens is 2. The lowest BCUT2D eigenvalue weighted by Crippen LogP contribution is -2.83. The number of piperidine rings is 1. The van der Waals surface area contributed by atoms with Gasteiger partial charge in [-0.3, -0.25) is 15.5 Å². The molecule has 1 saturated carbocycles. The van der Waals surface area contributed by atoms with Crippen molar-refractivity contribution >= 4 is 23.2 Å². The summed E-state index contributed by atoms with van der Waals surface area (Å²) in [5.41, 5.74) is 0.825. The average Bonchev–Trinajstić information content (AvgIpc) is 3.08. The van der Waals surface area contributed by atoms with Crippen LogP contribution in [0.2, 0.25) is 10.0 Å². The molecule has 6 heteroatoms. The zero-order valence-electron chi connectivity index (χ0n) is 15.8. The third kappa shape index (κ3) is 2.87. The molecule has 0 bridgehead atoms. The van der Waals surface area contributed by atoms with Crippen LogP contribution < -0.4 is 10.6 Å². The number of morpholine rings is 1. The van der Waals surface area contributed by atoms with Crippen molar-refractivity contribution in [3.63, 3.8) is 0 Å². The molecule has 1 aromatic carbocycles. The third-order valence-electron chi connectivity index (χ3n) is 7.53. The molecule has 3 saturated heterocycles. The molecule has 5 rings (SSSR count). The Labute approximate surface area is 171 Å². The number of nitrogens with one attached hydrogen (secondary N) is 2. The van der Waals surface area contributed by atoms with Gasteiger partial charge < -0.3 is 4.74 Å². The van der Waals surface area contributed by atoms with Gasteiger partial charge >= 0.3 is 0 Å². The van der Waals surface area contributed by atoms with Crippen molar-refractivity contribution in [2.24, 2.45) is 5.41 Å². The number of likely N-dealkylation sites (tertiary alicyclic amines) is 1. The van der Waals surface area contributed by atoms with Gasteiger partial charge in [-0.1, -0.05) is 36.0 Å². The highest BCUT2D eigenvalue weighted by Gasteiger charge is 2.62. The van der Waals surface area contributed by atoms with Crippen LogP contribution in [0.15, 0.2) is 18.2 Å². The van der Waals surface area contributed by atoms with Crippen LogP contribution in [0.3, 0.4) is 0 Å². The Balaban J connectivity index is 1.55. The first-order chi connectivity index (χ1) is 13.1. The monoisotopic (exact) mass is 409 g/mol. The van der Waals surface area contributed by atoms with Crippen molar-refractivity contribution in [2.75, 3.05) is 32.8 Å². The van der Waals surface area contributed by atoms with E-state index >= 15 is 0 Å². The molecule has 3 heterocycles. The van der Waals surface area contributed by atoms with Gasteiger partial charge in [0.25, 0.3) is 0 Å². The van der Waals surface area contributed by atoms with E-state index < -0.39 is 5.72 Å². The van der Waals surface area contributed by atoms with Gasteiger partial charge in [0.15, 0.2) is 5.72 Å².